The molecule has 1 aromatic carbocycles. The molecule has 154 valence electrons. The van der Waals surface area contributed by atoms with Crippen molar-refractivity contribution in [3.8, 4) is 0 Å². The summed E-state index contributed by atoms with van der Waals surface area (Å²) in [6.07, 6.45) is 5.84. The minimum atomic E-state index is -1.06. The number of nitrogens with one attached hydrogen (secondary N) is 2. The van der Waals surface area contributed by atoms with E-state index >= 15 is 0 Å². The highest BCUT2D eigenvalue weighted by Crippen LogP contribution is 2.48. The maximum atomic E-state index is 10.7. The molecule has 0 amide bonds. The number of nitrogens with zero attached hydrogens (tertiary/aromatic N) is 3. The SMILES string of the molecule is CCNC(=NCC(C)(O)c1cnn(C)c1)NCC1(c2cccc(Br)c2)CC1.I. The number of rotatable bonds is 7. The van der Waals surface area contributed by atoms with E-state index < -0.39 is 5.60 Å². The summed E-state index contributed by atoms with van der Waals surface area (Å²) in [5.41, 5.74) is 1.23. The molecule has 6 nitrogen and oxygen atoms in total. The standard InChI is InChI=1S/C20H28BrN5O.HI/c1-4-22-18(23-13-19(2,27)16-11-25-26(3)12-16)24-14-20(8-9-20)15-6-5-7-17(21)10-15;/h5-7,10-12,27H,4,8-9,13-14H2,1-3H3,(H2,22,23,24);1H. The Morgan fingerprint density at radius 1 is 1.39 bits per heavy atom. The predicted molar refractivity (Wildman–Crippen MR) is 127 cm³/mol. The molecular weight excluding hydrogens is 533 g/mol. The quantitative estimate of drug-likeness (QED) is 0.275. The number of guanidine groups is 1. The van der Waals surface area contributed by atoms with Crippen molar-refractivity contribution in [2.75, 3.05) is 19.6 Å². The topological polar surface area (TPSA) is 74.5 Å². The van der Waals surface area contributed by atoms with Crippen molar-refractivity contribution in [2.24, 2.45) is 12.0 Å². The maximum Gasteiger partial charge on any atom is 0.191 e. The molecule has 3 N–H and O–H groups in total. The Bertz CT molecular complexity index is 816. The van der Waals surface area contributed by atoms with Crippen LogP contribution in [0.2, 0.25) is 0 Å². The molecule has 2 aromatic rings. The van der Waals surface area contributed by atoms with Crippen LogP contribution in [0.1, 0.15) is 37.8 Å². The van der Waals surface area contributed by atoms with E-state index in [0.29, 0.717) is 0 Å². The molecule has 1 atom stereocenters. The smallest absolute Gasteiger partial charge is 0.191 e. The van der Waals surface area contributed by atoms with E-state index in [-0.39, 0.29) is 35.9 Å². The molecule has 1 aromatic heterocycles. The molecule has 8 heteroatoms. The zero-order valence-electron chi connectivity index (χ0n) is 16.6. The van der Waals surface area contributed by atoms with E-state index in [4.69, 9.17) is 0 Å². The third-order valence-electron chi connectivity index (χ3n) is 5.10. The van der Waals surface area contributed by atoms with Crippen molar-refractivity contribution >= 4 is 45.9 Å². The van der Waals surface area contributed by atoms with Crippen LogP contribution in [0.25, 0.3) is 0 Å². The summed E-state index contributed by atoms with van der Waals surface area (Å²) in [4.78, 5) is 4.61. The average Bonchev–Trinajstić information content (AvgIpc) is 3.30. The van der Waals surface area contributed by atoms with E-state index in [1.807, 2.05) is 20.2 Å². The van der Waals surface area contributed by atoms with Gasteiger partial charge < -0.3 is 15.7 Å². The van der Waals surface area contributed by atoms with Crippen LogP contribution in [0.3, 0.4) is 0 Å². The molecule has 1 heterocycles. The van der Waals surface area contributed by atoms with Crippen molar-refractivity contribution in [2.45, 2.75) is 37.7 Å². The van der Waals surface area contributed by atoms with Crippen molar-refractivity contribution in [3.63, 3.8) is 0 Å². The van der Waals surface area contributed by atoms with Gasteiger partial charge >= 0.3 is 0 Å². The lowest BCUT2D eigenvalue weighted by molar-refractivity contribution is 0.0672. The summed E-state index contributed by atoms with van der Waals surface area (Å²) < 4.78 is 2.80. The first-order valence-electron chi connectivity index (χ1n) is 9.34. The maximum absolute atomic E-state index is 10.7. The number of aromatic nitrogens is 2. The minimum absolute atomic E-state index is 0. The van der Waals surface area contributed by atoms with Crippen LogP contribution in [0.15, 0.2) is 46.1 Å². The van der Waals surface area contributed by atoms with Gasteiger partial charge in [0.1, 0.15) is 5.60 Å². The molecule has 1 saturated carbocycles. The molecule has 3 rings (SSSR count). The number of hydrogen-bond acceptors (Lipinski definition) is 3. The van der Waals surface area contributed by atoms with Crippen LogP contribution < -0.4 is 10.6 Å². The van der Waals surface area contributed by atoms with Gasteiger partial charge in [-0.05, 0) is 44.4 Å². The first-order valence-corrected chi connectivity index (χ1v) is 10.1. The van der Waals surface area contributed by atoms with Gasteiger partial charge in [0.2, 0.25) is 0 Å². The third kappa shape index (κ3) is 5.70. The van der Waals surface area contributed by atoms with Gasteiger partial charge in [-0.2, -0.15) is 5.10 Å². The summed E-state index contributed by atoms with van der Waals surface area (Å²) in [5, 5.41) is 21.6. The molecule has 1 fully saturated rings. The highest BCUT2D eigenvalue weighted by atomic mass is 127. The normalized spacial score (nSPS) is 17.4. The Kier molecular flexibility index (Phi) is 7.92. The number of aliphatic hydroxyl groups is 1. The molecule has 1 aliphatic rings. The van der Waals surface area contributed by atoms with E-state index in [2.05, 4.69) is 60.9 Å². The van der Waals surface area contributed by atoms with Gasteiger partial charge in [0.25, 0.3) is 0 Å². The van der Waals surface area contributed by atoms with Gasteiger partial charge in [-0.15, -0.1) is 24.0 Å². The van der Waals surface area contributed by atoms with Crippen molar-refractivity contribution < 1.29 is 5.11 Å². The average molecular weight is 562 g/mol. The molecule has 0 saturated heterocycles. The lowest BCUT2D eigenvalue weighted by Gasteiger charge is -2.22. The second-order valence-electron chi connectivity index (χ2n) is 7.52. The molecular formula is C20H29BrIN5O. The van der Waals surface area contributed by atoms with Crippen LogP contribution in [0, 0.1) is 0 Å². The summed E-state index contributed by atoms with van der Waals surface area (Å²) in [6, 6.07) is 8.53. The highest BCUT2D eigenvalue weighted by molar-refractivity contribution is 14.0. The summed E-state index contributed by atoms with van der Waals surface area (Å²) >= 11 is 3.57. The first-order chi connectivity index (χ1) is 12.8. The highest BCUT2D eigenvalue weighted by Gasteiger charge is 2.44. The first kappa shape index (κ1) is 23.2. The second-order valence-corrected chi connectivity index (χ2v) is 8.43. The lowest BCUT2D eigenvalue weighted by atomic mass is 9.96. The lowest BCUT2D eigenvalue weighted by Crippen LogP contribution is -2.42. The molecule has 0 radical (unpaired) electrons. The fraction of sp³-hybridized carbons (Fsp3) is 0.500. The summed E-state index contributed by atoms with van der Waals surface area (Å²) in [7, 11) is 1.84. The fourth-order valence-electron chi connectivity index (χ4n) is 3.16. The van der Waals surface area contributed by atoms with E-state index in [0.717, 1.165) is 29.1 Å². The van der Waals surface area contributed by atoms with Gasteiger partial charge in [-0.1, -0.05) is 28.1 Å². The zero-order valence-corrected chi connectivity index (χ0v) is 20.5. The number of aliphatic imine (C=N–C) groups is 1. The largest absolute Gasteiger partial charge is 0.383 e. The molecule has 0 spiro atoms. The Hall–Kier alpha value is -1.13. The van der Waals surface area contributed by atoms with Crippen LogP contribution in [-0.4, -0.2) is 40.5 Å². The molecule has 1 aliphatic carbocycles. The van der Waals surface area contributed by atoms with Gasteiger partial charge in [0, 0.05) is 41.8 Å². The monoisotopic (exact) mass is 561 g/mol. The van der Waals surface area contributed by atoms with Crippen LogP contribution >= 0.6 is 39.9 Å². The summed E-state index contributed by atoms with van der Waals surface area (Å²) in [6.45, 7) is 5.66. The zero-order chi connectivity index (χ0) is 19.5. The number of halogens is 2. The number of benzene rings is 1. The van der Waals surface area contributed by atoms with Crippen molar-refractivity contribution in [1.82, 2.24) is 20.4 Å². The van der Waals surface area contributed by atoms with Crippen molar-refractivity contribution in [3.05, 3.63) is 52.3 Å². The van der Waals surface area contributed by atoms with Crippen LogP contribution in [0.5, 0.6) is 0 Å². The Morgan fingerprint density at radius 2 is 2.14 bits per heavy atom. The van der Waals surface area contributed by atoms with Crippen LogP contribution in [0.4, 0.5) is 0 Å². The molecule has 1 unspecified atom stereocenters. The Labute approximate surface area is 192 Å². The molecule has 0 bridgehead atoms. The Balaban J connectivity index is 0.00000280. The van der Waals surface area contributed by atoms with E-state index in [1.54, 1.807) is 17.8 Å². The third-order valence-corrected chi connectivity index (χ3v) is 5.59. The summed E-state index contributed by atoms with van der Waals surface area (Å²) in [5.74, 6) is 0.725. The van der Waals surface area contributed by atoms with Crippen LogP contribution in [-0.2, 0) is 18.1 Å². The van der Waals surface area contributed by atoms with Crippen molar-refractivity contribution in [1.29, 1.82) is 0 Å². The molecule has 28 heavy (non-hydrogen) atoms. The second kappa shape index (κ2) is 9.58. The van der Waals surface area contributed by atoms with E-state index in [9.17, 15) is 5.11 Å². The predicted octanol–water partition coefficient (Wildman–Crippen LogP) is 3.30. The molecule has 0 aliphatic heterocycles. The fourth-order valence-corrected chi connectivity index (χ4v) is 3.55. The van der Waals surface area contributed by atoms with Gasteiger partial charge in [0.05, 0.1) is 12.7 Å². The van der Waals surface area contributed by atoms with E-state index in [1.165, 1.54) is 18.4 Å². The Morgan fingerprint density at radius 3 is 2.71 bits per heavy atom. The van der Waals surface area contributed by atoms with Gasteiger partial charge in [-0.3, -0.25) is 4.68 Å². The minimum Gasteiger partial charge on any atom is -0.383 e. The van der Waals surface area contributed by atoms with Gasteiger partial charge in [0.15, 0.2) is 5.96 Å². The number of aryl methyl sites for hydroxylation is 1. The number of hydrogen-bond donors (Lipinski definition) is 3. The van der Waals surface area contributed by atoms with Gasteiger partial charge in [-0.25, -0.2) is 4.99 Å².